The van der Waals surface area contributed by atoms with Gasteiger partial charge in [0.15, 0.2) is 5.96 Å². The van der Waals surface area contributed by atoms with Crippen LogP contribution in [0.5, 0.6) is 0 Å². The van der Waals surface area contributed by atoms with E-state index >= 15 is 0 Å². The van der Waals surface area contributed by atoms with Crippen molar-refractivity contribution in [3.05, 3.63) is 29.8 Å². The van der Waals surface area contributed by atoms with Gasteiger partial charge in [0, 0.05) is 39.0 Å². The SMILES string of the molecule is CN=C(NCc1ccc(NCCOC)cc1)NC(C)C(C)C.I. The summed E-state index contributed by atoms with van der Waals surface area (Å²) in [6.45, 7) is 8.83. The van der Waals surface area contributed by atoms with E-state index in [1.807, 2.05) is 0 Å². The van der Waals surface area contributed by atoms with E-state index in [0.717, 1.165) is 24.7 Å². The van der Waals surface area contributed by atoms with Gasteiger partial charge in [-0.1, -0.05) is 26.0 Å². The van der Waals surface area contributed by atoms with Gasteiger partial charge >= 0.3 is 0 Å². The number of benzene rings is 1. The number of guanidine groups is 1. The Bertz CT molecular complexity index is 448. The minimum absolute atomic E-state index is 0. The molecule has 132 valence electrons. The molecule has 1 unspecified atom stereocenters. The van der Waals surface area contributed by atoms with Crippen LogP contribution < -0.4 is 16.0 Å². The molecule has 0 aliphatic rings. The Kier molecular flexibility index (Phi) is 11.9. The number of methoxy groups -OCH3 is 1. The fraction of sp³-hybridized carbons (Fsp3) is 0.588. The Hall–Kier alpha value is -1.02. The first kappa shape index (κ1) is 22.0. The number of aliphatic imine (C=N–C) groups is 1. The minimum atomic E-state index is 0. The van der Waals surface area contributed by atoms with Gasteiger partial charge in [0.1, 0.15) is 0 Å². The first-order chi connectivity index (χ1) is 10.6. The second-order valence-corrected chi connectivity index (χ2v) is 5.72. The highest BCUT2D eigenvalue weighted by Crippen LogP contribution is 2.09. The van der Waals surface area contributed by atoms with Gasteiger partial charge in [0.05, 0.1) is 6.61 Å². The number of halogens is 1. The van der Waals surface area contributed by atoms with Gasteiger partial charge in [0.25, 0.3) is 0 Å². The van der Waals surface area contributed by atoms with E-state index in [4.69, 9.17) is 4.74 Å². The number of rotatable bonds is 8. The van der Waals surface area contributed by atoms with E-state index in [1.165, 1.54) is 5.56 Å². The quantitative estimate of drug-likeness (QED) is 0.255. The second-order valence-electron chi connectivity index (χ2n) is 5.72. The van der Waals surface area contributed by atoms with Crippen LogP contribution in [0.2, 0.25) is 0 Å². The standard InChI is InChI=1S/C17H30N4O.HI/c1-13(2)14(3)21-17(18-4)20-12-15-6-8-16(9-7-15)19-10-11-22-5;/h6-9,13-14,19H,10-12H2,1-5H3,(H2,18,20,21);1H. The van der Waals surface area contributed by atoms with E-state index in [1.54, 1.807) is 14.2 Å². The lowest BCUT2D eigenvalue weighted by molar-refractivity contribution is 0.211. The van der Waals surface area contributed by atoms with Crippen molar-refractivity contribution in [1.82, 2.24) is 10.6 Å². The lowest BCUT2D eigenvalue weighted by Crippen LogP contribution is -2.43. The molecule has 0 radical (unpaired) electrons. The molecule has 0 aliphatic carbocycles. The maximum absolute atomic E-state index is 5.02. The van der Waals surface area contributed by atoms with Gasteiger partial charge in [0.2, 0.25) is 0 Å². The summed E-state index contributed by atoms with van der Waals surface area (Å²) < 4.78 is 5.02. The van der Waals surface area contributed by atoms with Crippen LogP contribution in [0.25, 0.3) is 0 Å². The summed E-state index contributed by atoms with van der Waals surface area (Å²) in [6.07, 6.45) is 0. The summed E-state index contributed by atoms with van der Waals surface area (Å²) in [5.41, 5.74) is 2.33. The van der Waals surface area contributed by atoms with E-state index in [0.29, 0.717) is 18.6 Å². The monoisotopic (exact) mass is 434 g/mol. The van der Waals surface area contributed by atoms with Crippen molar-refractivity contribution in [2.45, 2.75) is 33.4 Å². The van der Waals surface area contributed by atoms with Crippen LogP contribution in [0.1, 0.15) is 26.3 Å². The fourth-order valence-corrected chi connectivity index (χ4v) is 1.80. The molecule has 0 aliphatic heterocycles. The number of nitrogens with one attached hydrogen (secondary N) is 3. The zero-order chi connectivity index (χ0) is 16.4. The molecular weight excluding hydrogens is 403 g/mol. The lowest BCUT2D eigenvalue weighted by atomic mass is 10.1. The summed E-state index contributed by atoms with van der Waals surface area (Å²) in [4.78, 5) is 4.26. The maximum atomic E-state index is 5.02. The van der Waals surface area contributed by atoms with Crippen LogP contribution in [-0.4, -0.2) is 39.3 Å². The number of anilines is 1. The zero-order valence-corrected chi connectivity index (χ0v) is 17.2. The van der Waals surface area contributed by atoms with Gasteiger partial charge in [-0.05, 0) is 30.5 Å². The van der Waals surface area contributed by atoms with Crippen LogP contribution in [0.4, 0.5) is 5.69 Å². The second kappa shape index (κ2) is 12.4. The Balaban J connectivity index is 0.00000484. The zero-order valence-electron chi connectivity index (χ0n) is 14.8. The topological polar surface area (TPSA) is 57.7 Å². The highest BCUT2D eigenvalue weighted by atomic mass is 127. The van der Waals surface area contributed by atoms with Crippen molar-refractivity contribution in [3.63, 3.8) is 0 Å². The van der Waals surface area contributed by atoms with Crippen molar-refractivity contribution in [2.75, 3.05) is 32.6 Å². The molecule has 23 heavy (non-hydrogen) atoms. The molecular formula is C17H31IN4O. The highest BCUT2D eigenvalue weighted by Gasteiger charge is 2.08. The van der Waals surface area contributed by atoms with Crippen molar-refractivity contribution in [3.8, 4) is 0 Å². The number of ether oxygens (including phenoxy) is 1. The first-order valence-electron chi connectivity index (χ1n) is 7.85. The molecule has 1 aromatic rings. The molecule has 3 N–H and O–H groups in total. The average Bonchev–Trinajstić information content (AvgIpc) is 2.52. The van der Waals surface area contributed by atoms with E-state index in [2.05, 4.69) is 66.0 Å². The predicted octanol–water partition coefficient (Wildman–Crippen LogP) is 3.07. The number of hydrogen-bond donors (Lipinski definition) is 3. The van der Waals surface area contributed by atoms with Crippen molar-refractivity contribution >= 4 is 35.6 Å². The van der Waals surface area contributed by atoms with Gasteiger partial charge in [-0.15, -0.1) is 24.0 Å². The van der Waals surface area contributed by atoms with Crippen LogP contribution in [-0.2, 0) is 11.3 Å². The van der Waals surface area contributed by atoms with Gasteiger partial charge in [-0.25, -0.2) is 0 Å². The summed E-state index contributed by atoms with van der Waals surface area (Å²) in [6, 6.07) is 8.78. The number of hydrogen-bond acceptors (Lipinski definition) is 3. The van der Waals surface area contributed by atoms with E-state index in [9.17, 15) is 0 Å². The third-order valence-corrected chi connectivity index (χ3v) is 3.64. The van der Waals surface area contributed by atoms with Crippen LogP contribution in [0.15, 0.2) is 29.3 Å². The molecule has 0 bridgehead atoms. The Morgan fingerprint density at radius 3 is 2.35 bits per heavy atom. The van der Waals surface area contributed by atoms with Crippen LogP contribution >= 0.6 is 24.0 Å². The molecule has 0 fully saturated rings. The van der Waals surface area contributed by atoms with E-state index < -0.39 is 0 Å². The minimum Gasteiger partial charge on any atom is -0.383 e. The normalized spacial score (nSPS) is 12.5. The molecule has 0 heterocycles. The van der Waals surface area contributed by atoms with Crippen molar-refractivity contribution in [2.24, 2.45) is 10.9 Å². The Morgan fingerprint density at radius 1 is 1.17 bits per heavy atom. The van der Waals surface area contributed by atoms with Crippen molar-refractivity contribution in [1.29, 1.82) is 0 Å². The number of nitrogens with zero attached hydrogens (tertiary/aromatic N) is 1. The fourth-order valence-electron chi connectivity index (χ4n) is 1.80. The molecule has 0 aromatic heterocycles. The van der Waals surface area contributed by atoms with Crippen molar-refractivity contribution < 1.29 is 4.74 Å². The first-order valence-corrected chi connectivity index (χ1v) is 7.85. The van der Waals surface area contributed by atoms with Crippen LogP contribution in [0.3, 0.4) is 0 Å². The Morgan fingerprint density at radius 2 is 1.83 bits per heavy atom. The average molecular weight is 434 g/mol. The van der Waals surface area contributed by atoms with Crippen LogP contribution in [0, 0.1) is 5.92 Å². The molecule has 6 heteroatoms. The highest BCUT2D eigenvalue weighted by molar-refractivity contribution is 14.0. The third-order valence-electron chi connectivity index (χ3n) is 3.64. The van der Waals surface area contributed by atoms with Gasteiger partial charge in [-0.2, -0.15) is 0 Å². The maximum Gasteiger partial charge on any atom is 0.191 e. The van der Waals surface area contributed by atoms with E-state index in [-0.39, 0.29) is 24.0 Å². The Labute approximate surface area is 157 Å². The molecule has 0 amide bonds. The smallest absolute Gasteiger partial charge is 0.191 e. The molecule has 1 atom stereocenters. The summed E-state index contributed by atoms with van der Waals surface area (Å²) in [5.74, 6) is 1.40. The molecule has 0 saturated heterocycles. The molecule has 5 nitrogen and oxygen atoms in total. The lowest BCUT2D eigenvalue weighted by Gasteiger charge is -2.20. The summed E-state index contributed by atoms with van der Waals surface area (Å²) in [7, 11) is 3.50. The summed E-state index contributed by atoms with van der Waals surface area (Å²) >= 11 is 0. The molecule has 0 spiro atoms. The van der Waals surface area contributed by atoms with Gasteiger partial charge < -0.3 is 20.7 Å². The predicted molar refractivity (Wildman–Crippen MR) is 110 cm³/mol. The molecule has 1 rings (SSSR count). The van der Waals surface area contributed by atoms with Gasteiger partial charge in [-0.3, -0.25) is 4.99 Å². The molecule has 0 saturated carbocycles. The largest absolute Gasteiger partial charge is 0.383 e. The summed E-state index contributed by atoms with van der Waals surface area (Å²) in [5, 5.41) is 10.0. The molecule has 1 aromatic carbocycles. The third kappa shape index (κ3) is 9.00.